The Hall–Kier alpha value is -2.33. The number of rotatable bonds is 0. The van der Waals surface area contributed by atoms with Crippen molar-refractivity contribution in [2.24, 2.45) is 5.73 Å². The summed E-state index contributed by atoms with van der Waals surface area (Å²) in [6.07, 6.45) is 7.30. The molecule has 4 heteroatoms. The van der Waals surface area contributed by atoms with E-state index in [1.165, 1.54) is 11.3 Å². The predicted molar refractivity (Wildman–Crippen MR) is 89.5 cm³/mol. The van der Waals surface area contributed by atoms with E-state index in [-0.39, 0.29) is 6.04 Å². The first-order chi connectivity index (χ1) is 10.7. The molecule has 4 nitrogen and oxygen atoms in total. The van der Waals surface area contributed by atoms with E-state index in [2.05, 4.69) is 23.5 Å². The summed E-state index contributed by atoms with van der Waals surface area (Å²) in [4.78, 5) is 2.02. The summed E-state index contributed by atoms with van der Waals surface area (Å²) in [7, 11) is 1.99. The molecule has 4 N–H and O–H groups in total. The van der Waals surface area contributed by atoms with E-state index < -0.39 is 0 Å². The third kappa shape index (κ3) is 1.84. The molecule has 2 heterocycles. The number of nitrogens with two attached hydrogens (primary N) is 1. The molecule has 1 atom stereocenters. The molecule has 0 aromatic heterocycles. The van der Waals surface area contributed by atoms with Gasteiger partial charge in [0.1, 0.15) is 5.84 Å². The Kier molecular flexibility index (Phi) is 2.94. The van der Waals surface area contributed by atoms with Gasteiger partial charge in [0.15, 0.2) is 0 Å². The van der Waals surface area contributed by atoms with E-state index in [1.807, 2.05) is 30.1 Å². The normalized spacial score (nSPS) is 26.9. The number of allylic oxidation sites excluding steroid dienone is 4. The molecule has 22 heavy (non-hydrogen) atoms. The van der Waals surface area contributed by atoms with Gasteiger partial charge in [-0.1, -0.05) is 30.4 Å². The van der Waals surface area contributed by atoms with E-state index in [0.29, 0.717) is 5.84 Å². The number of benzene rings is 1. The highest BCUT2D eigenvalue weighted by Crippen LogP contribution is 2.41. The van der Waals surface area contributed by atoms with Crippen LogP contribution in [0.2, 0.25) is 0 Å². The number of para-hydroxylation sites is 1. The topological polar surface area (TPSA) is 65.1 Å². The van der Waals surface area contributed by atoms with Crippen molar-refractivity contribution in [2.75, 3.05) is 12.4 Å². The van der Waals surface area contributed by atoms with E-state index in [0.717, 1.165) is 41.8 Å². The van der Waals surface area contributed by atoms with Gasteiger partial charge in [-0.2, -0.15) is 0 Å². The zero-order chi connectivity index (χ0) is 15.3. The summed E-state index contributed by atoms with van der Waals surface area (Å²) in [5, 5.41) is 12.0. The van der Waals surface area contributed by atoms with E-state index in [9.17, 15) is 0 Å². The number of fused-ring (bicyclic) bond motifs is 1. The second kappa shape index (κ2) is 4.85. The molecule has 0 saturated heterocycles. The molecule has 1 aromatic carbocycles. The van der Waals surface area contributed by atoms with Gasteiger partial charge in [-0.3, -0.25) is 5.41 Å². The summed E-state index contributed by atoms with van der Waals surface area (Å²) in [6, 6.07) is 7.95. The number of amidine groups is 1. The van der Waals surface area contributed by atoms with Gasteiger partial charge < -0.3 is 16.0 Å². The SMILES string of the molecule is CN1C(=N)/C(=C2\Nc3ccccc3[C@H]2N)CC2=C1CCC=C2. The van der Waals surface area contributed by atoms with Gasteiger partial charge in [0.25, 0.3) is 0 Å². The zero-order valence-corrected chi connectivity index (χ0v) is 12.7. The number of likely N-dealkylation sites (N-methyl/N-ethyl adjacent to an activating group) is 1. The van der Waals surface area contributed by atoms with Crippen molar-refractivity contribution in [3.8, 4) is 0 Å². The Morgan fingerprint density at radius 1 is 1.32 bits per heavy atom. The molecule has 3 aliphatic rings. The second-order valence-corrected chi connectivity index (χ2v) is 6.08. The average molecular weight is 292 g/mol. The van der Waals surface area contributed by atoms with Crippen LogP contribution in [0, 0.1) is 5.41 Å². The molecule has 112 valence electrons. The Morgan fingerprint density at radius 2 is 2.14 bits per heavy atom. The van der Waals surface area contributed by atoms with Gasteiger partial charge in [0, 0.05) is 36.1 Å². The van der Waals surface area contributed by atoms with Crippen LogP contribution in [-0.2, 0) is 0 Å². The van der Waals surface area contributed by atoms with Crippen LogP contribution < -0.4 is 11.1 Å². The number of hydrogen-bond acceptors (Lipinski definition) is 3. The third-order valence-electron chi connectivity index (χ3n) is 4.83. The fraction of sp³-hybridized carbons (Fsp3) is 0.278. The monoisotopic (exact) mass is 292 g/mol. The standard InChI is InChI=1S/C18H20N4/c1-22-15-9-5-2-6-11(15)10-13(18(22)20)17-16(19)12-7-3-4-8-14(12)21-17/h2-4,6-8,16,20-21H,5,9-10,19H2,1H3/b17-13-,20-18?/t16-/m1/s1. The molecule has 0 amide bonds. The Morgan fingerprint density at radius 3 is 2.95 bits per heavy atom. The fourth-order valence-corrected chi connectivity index (χ4v) is 3.60. The summed E-state index contributed by atoms with van der Waals surface area (Å²) < 4.78 is 0. The van der Waals surface area contributed by atoms with Crippen LogP contribution in [0.4, 0.5) is 5.69 Å². The van der Waals surface area contributed by atoms with Crippen molar-refractivity contribution in [1.29, 1.82) is 5.41 Å². The smallest absolute Gasteiger partial charge is 0.130 e. The van der Waals surface area contributed by atoms with Crippen molar-refractivity contribution >= 4 is 11.5 Å². The van der Waals surface area contributed by atoms with Gasteiger partial charge in [-0.25, -0.2) is 0 Å². The summed E-state index contributed by atoms with van der Waals surface area (Å²) in [5.74, 6) is 0.569. The molecule has 0 unspecified atom stereocenters. The van der Waals surface area contributed by atoms with Crippen molar-refractivity contribution in [2.45, 2.75) is 25.3 Å². The maximum Gasteiger partial charge on any atom is 0.130 e. The molecule has 1 aliphatic carbocycles. The first-order valence-corrected chi connectivity index (χ1v) is 7.72. The Balaban J connectivity index is 1.79. The van der Waals surface area contributed by atoms with E-state index in [1.54, 1.807) is 0 Å². The molecule has 0 bridgehead atoms. The number of nitrogens with zero attached hydrogens (tertiary/aromatic N) is 1. The Labute approximate surface area is 130 Å². The molecule has 4 rings (SSSR count). The van der Waals surface area contributed by atoms with Gasteiger partial charge in [-0.15, -0.1) is 0 Å². The number of nitrogens with one attached hydrogen (secondary N) is 2. The average Bonchev–Trinajstić information content (AvgIpc) is 2.88. The van der Waals surface area contributed by atoms with Crippen LogP contribution in [0.3, 0.4) is 0 Å². The van der Waals surface area contributed by atoms with Crippen LogP contribution >= 0.6 is 0 Å². The molecule has 0 spiro atoms. The minimum absolute atomic E-state index is 0.172. The zero-order valence-electron chi connectivity index (χ0n) is 12.7. The molecule has 1 aromatic rings. The highest BCUT2D eigenvalue weighted by atomic mass is 15.2. The molecule has 0 fully saturated rings. The van der Waals surface area contributed by atoms with Crippen molar-refractivity contribution in [3.05, 3.63) is 64.5 Å². The first-order valence-electron chi connectivity index (χ1n) is 7.72. The lowest BCUT2D eigenvalue weighted by atomic mass is 9.89. The fourth-order valence-electron chi connectivity index (χ4n) is 3.60. The highest BCUT2D eigenvalue weighted by molar-refractivity contribution is 6.00. The lowest BCUT2D eigenvalue weighted by Gasteiger charge is -2.34. The van der Waals surface area contributed by atoms with Crippen LogP contribution in [0.5, 0.6) is 0 Å². The third-order valence-corrected chi connectivity index (χ3v) is 4.83. The molecule has 0 saturated carbocycles. The molecule has 0 radical (unpaired) electrons. The van der Waals surface area contributed by atoms with Crippen LogP contribution in [0.1, 0.15) is 30.9 Å². The van der Waals surface area contributed by atoms with Crippen molar-refractivity contribution in [3.63, 3.8) is 0 Å². The van der Waals surface area contributed by atoms with Crippen LogP contribution in [0.25, 0.3) is 0 Å². The maximum absolute atomic E-state index is 8.55. The number of hydrogen-bond donors (Lipinski definition) is 3. The summed E-state index contributed by atoms with van der Waals surface area (Å²) >= 11 is 0. The van der Waals surface area contributed by atoms with Gasteiger partial charge in [0.05, 0.1) is 6.04 Å². The second-order valence-electron chi connectivity index (χ2n) is 6.08. The number of anilines is 1. The maximum atomic E-state index is 8.55. The summed E-state index contributed by atoms with van der Waals surface area (Å²) in [5.41, 5.74) is 13.2. The van der Waals surface area contributed by atoms with Gasteiger partial charge in [0.2, 0.25) is 0 Å². The first kappa shape index (κ1) is 13.3. The van der Waals surface area contributed by atoms with Crippen molar-refractivity contribution < 1.29 is 0 Å². The van der Waals surface area contributed by atoms with Crippen molar-refractivity contribution in [1.82, 2.24) is 4.90 Å². The Bertz CT molecular complexity index is 754. The predicted octanol–water partition coefficient (Wildman–Crippen LogP) is 3.28. The lowest BCUT2D eigenvalue weighted by molar-refractivity contribution is 0.554. The minimum atomic E-state index is -0.172. The minimum Gasteiger partial charge on any atom is -0.357 e. The molecular weight excluding hydrogens is 272 g/mol. The largest absolute Gasteiger partial charge is 0.357 e. The van der Waals surface area contributed by atoms with Crippen LogP contribution in [-0.4, -0.2) is 17.8 Å². The molecule has 2 aliphatic heterocycles. The highest BCUT2D eigenvalue weighted by Gasteiger charge is 2.32. The van der Waals surface area contributed by atoms with Crippen LogP contribution in [0.15, 0.2) is 59.0 Å². The van der Waals surface area contributed by atoms with E-state index >= 15 is 0 Å². The quantitative estimate of drug-likeness (QED) is 0.687. The molecular formula is C18H20N4. The lowest BCUT2D eigenvalue weighted by Crippen LogP contribution is -2.34. The van der Waals surface area contributed by atoms with Gasteiger partial charge >= 0.3 is 0 Å². The summed E-state index contributed by atoms with van der Waals surface area (Å²) in [6.45, 7) is 0. The van der Waals surface area contributed by atoms with Gasteiger partial charge in [-0.05, 0) is 30.0 Å². The van der Waals surface area contributed by atoms with E-state index in [4.69, 9.17) is 11.1 Å².